The Bertz CT molecular complexity index is 1300. The predicted molar refractivity (Wildman–Crippen MR) is 119 cm³/mol. The van der Waals surface area contributed by atoms with Crippen LogP contribution in [-0.2, 0) is 29.7 Å². The van der Waals surface area contributed by atoms with E-state index in [4.69, 9.17) is 14.2 Å². The number of aromatic amines is 1. The fourth-order valence-corrected chi connectivity index (χ4v) is 3.27. The highest BCUT2D eigenvalue weighted by Crippen LogP contribution is 2.28. The number of esters is 1. The van der Waals surface area contributed by atoms with E-state index in [1.54, 1.807) is 13.1 Å². The fraction of sp³-hybridized carbons (Fsp3) is 0.409. The maximum Gasteiger partial charge on any atom is 0.344 e. The number of benzene rings is 1. The van der Waals surface area contributed by atoms with Crippen molar-refractivity contribution in [3.63, 3.8) is 0 Å². The lowest BCUT2D eigenvalue weighted by molar-refractivity contribution is -0.147. The number of aryl methyl sites for hydroxylation is 2. The van der Waals surface area contributed by atoms with E-state index in [0.717, 1.165) is 12.8 Å². The maximum absolute atomic E-state index is 12.3. The second-order valence-electron chi connectivity index (χ2n) is 7.39. The van der Waals surface area contributed by atoms with E-state index in [2.05, 4.69) is 9.97 Å². The van der Waals surface area contributed by atoms with Gasteiger partial charge in [-0.2, -0.15) is 0 Å². The predicted octanol–water partition coefficient (Wildman–Crippen LogP) is 1.56. The van der Waals surface area contributed by atoms with Gasteiger partial charge in [-0.1, -0.05) is 13.3 Å². The molecule has 0 atom stereocenters. The number of hydrogen-bond acceptors (Lipinski definition) is 8. The fourth-order valence-electron chi connectivity index (χ4n) is 3.27. The minimum Gasteiger partial charge on any atom is -0.493 e. The van der Waals surface area contributed by atoms with Crippen molar-refractivity contribution in [1.82, 2.24) is 19.1 Å². The zero-order chi connectivity index (χ0) is 24.1. The molecule has 0 saturated heterocycles. The van der Waals surface area contributed by atoms with Crippen LogP contribution in [0.3, 0.4) is 0 Å². The van der Waals surface area contributed by atoms with Crippen LogP contribution in [0.2, 0.25) is 0 Å². The first-order valence-electron chi connectivity index (χ1n) is 10.4. The number of nitrogens with zero attached hydrogens (tertiary/aromatic N) is 3. The quantitative estimate of drug-likeness (QED) is 0.357. The van der Waals surface area contributed by atoms with Crippen molar-refractivity contribution in [2.24, 2.45) is 7.05 Å². The van der Waals surface area contributed by atoms with Gasteiger partial charge >= 0.3 is 11.7 Å². The number of Topliss-reactive ketones (excluding diaryl/α,β-unsaturated/α-hetero) is 1. The molecule has 33 heavy (non-hydrogen) atoms. The molecule has 1 N–H and O–H groups in total. The van der Waals surface area contributed by atoms with Gasteiger partial charge in [0.05, 0.1) is 7.11 Å². The van der Waals surface area contributed by atoms with Gasteiger partial charge in [-0.3, -0.25) is 19.1 Å². The van der Waals surface area contributed by atoms with E-state index in [1.165, 1.54) is 35.3 Å². The van der Waals surface area contributed by atoms with Gasteiger partial charge in [0.1, 0.15) is 12.4 Å². The zero-order valence-electron chi connectivity index (χ0n) is 19.0. The molecule has 0 aliphatic carbocycles. The summed E-state index contributed by atoms with van der Waals surface area (Å²) < 4.78 is 18.8. The van der Waals surface area contributed by atoms with Gasteiger partial charge < -0.3 is 18.8 Å². The van der Waals surface area contributed by atoms with Gasteiger partial charge in [0.2, 0.25) is 0 Å². The second kappa shape index (κ2) is 10.2. The molecule has 0 aliphatic rings. The molecule has 2 aromatic heterocycles. The highest BCUT2D eigenvalue weighted by Gasteiger charge is 2.18. The Labute approximate surface area is 188 Å². The third kappa shape index (κ3) is 5.13. The van der Waals surface area contributed by atoms with E-state index in [-0.39, 0.29) is 29.3 Å². The number of aromatic nitrogens is 4. The molecule has 0 spiro atoms. The lowest BCUT2D eigenvalue weighted by Crippen LogP contribution is -2.31. The first kappa shape index (κ1) is 23.8. The van der Waals surface area contributed by atoms with Crippen LogP contribution in [0.15, 0.2) is 27.8 Å². The lowest BCUT2D eigenvalue weighted by atomic mass is 10.1. The minimum absolute atomic E-state index is 0.124. The SMILES string of the molecule is CCCCn1c(=O)[nH]c(=O)c2c1nc(COC(=O)COc1ccc(C(C)=O)cc1OC)n2C. The minimum atomic E-state index is -0.669. The molecule has 0 unspecified atom stereocenters. The molecule has 0 bridgehead atoms. The molecular weight excluding hydrogens is 432 g/mol. The van der Waals surface area contributed by atoms with E-state index in [1.807, 2.05) is 6.92 Å². The monoisotopic (exact) mass is 458 g/mol. The standard InChI is InChI=1S/C22H26N4O7/c1-5-6-9-26-20-19(21(29)24-22(26)30)25(3)17(23-20)11-33-18(28)12-32-15-8-7-14(13(2)27)10-16(15)31-4/h7-8,10H,5-6,9,11-12H2,1-4H3,(H,24,29,30). The molecule has 176 valence electrons. The molecule has 0 saturated carbocycles. The molecule has 0 radical (unpaired) electrons. The van der Waals surface area contributed by atoms with Crippen LogP contribution in [0.25, 0.3) is 11.2 Å². The Hall–Kier alpha value is -3.89. The summed E-state index contributed by atoms with van der Waals surface area (Å²) in [6.07, 6.45) is 1.61. The highest BCUT2D eigenvalue weighted by molar-refractivity contribution is 5.94. The third-order valence-electron chi connectivity index (χ3n) is 5.12. The molecule has 3 aromatic rings. The van der Waals surface area contributed by atoms with Crippen molar-refractivity contribution in [3.8, 4) is 11.5 Å². The van der Waals surface area contributed by atoms with Crippen molar-refractivity contribution in [2.75, 3.05) is 13.7 Å². The van der Waals surface area contributed by atoms with Crippen LogP contribution >= 0.6 is 0 Å². The van der Waals surface area contributed by atoms with Crippen molar-refractivity contribution >= 4 is 22.9 Å². The van der Waals surface area contributed by atoms with Crippen LogP contribution in [0.5, 0.6) is 11.5 Å². The number of nitrogens with one attached hydrogen (secondary N) is 1. The van der Waals surface area contributed by atoms with Gasteiger partial charge in [0.25, 0.3) is 5.56 Å². The molecule has 0 fully saturated rings. The molecule has 0 aliphatic heterocycles. The number of unbranched alkanes of at least 4 members (excludes halogenated alkanes) is 1. The molecule has 0 amide bonds. The largest absolute Gasteiger partial charge is 0.493 e. The summed E-state index contributed by atoms with van der Waals surface area (Å²) >= 11 is 0. The number of carbonyl (C=O) groups excluding carboxylic acids is 2. The topological polar surface area (TPSA) is 135 Å². The summed E-state index contributed by atoms with van der Waals surface area (Å²) in [5.74, 6) is 0.115. The third-order valence-corrected chi connectivity index (χ3v) is 5.12. The maximum atomic E-state index is 12.3. The van der Waals surface area contributed by atoms with Crippen LogP contribution in [0.1, 0.15) is 42.9 Å². The van der Waals surface area contributed by atoms with Gasteiger partial charge in [-0.05, 0) is 31.5 Å². The molecule has 2 heterocycles. The smallest absolute Gasteiger partial charge is 0.344 e. The summed E-state index contributed by atoms with van der Waals surface area (Å²) in [6, 6.07) is 4.63. The number of carbonyl (C=O) groups is 2. The van der Waals surface area contributed by atoms with Crippen LogP contribution in [0.4, 0.5) is 0 Å². The average molecular weight is 458 g/mol. The Morgan fingerprint density at radius 3 is 2.61 bits per heavy atom. The molecule has 1 aromatic carbocycles. The summed E-state index contributed by atoms with van der Waals surface area (Å²) in [5.41, 5.74) is -0.155. The summed E-state index contributed by atoms with van der Waals surface area (Å²) in [7, 11) is 3.04. The normalized spacial score (nSPS) is 10.9. The first-order chi connectivity index (χ1) is 15.8. The van der Waals surface area contributed by atoms with Gasteiger partial charge in [0.15, 0.2) is 35.1 Å². The van der Waals surface area contributed by atoms with Crippen LogP contribution in [-0.4, -0.2) is 44.6 Å². The number of rotatable bonds is 10. The average Bonchev–Trinajstić information content (AvgIpc) is 3.12. The Balaban J connectivity index is 1.72. The van der Waals surface area contributed by atoms with Crippen LogP contribution < -0.4 is 20.7 Å². The highest BCUT2D eigenvalue weighted by atomic mass is 16.6. The van der Waals surface area contributed by atoms with E-state index in [9.17, 15) is 19.2 Å². The van der Waals surface area contributed by atoms with Crippen molar-refractivity contribution in [1.29, 1.82) is 0 Å². The molecule has 11 heteroatoms. The number of imidazole rings is 1. The lowest BCUT2D eigenvalue weighted by Gasteiger charge is -2.11. The summed E-state index contributed by atoms with van der Waals surface area (Å²) in [6.45, 7) is 3.23. The van der Waals surface area contributed by atoms with E-state index >= 15 is 0 Å². The van der Waals surface area contributed by atoms with Gasteiger partial charge in [0, 0.05) is 19.2 Å². The number of fused-ring (bicyclic) bond motifs is 1. The van der Waals surface area contributed by atoms with Gasteiger partial charge in [-0.25, -0.2) is 14.6 Å². The van der Waals surface area contributed by atoms with Crippen molar-refractivity contribution in [3.05, 3.63) is 50.4 Å². The van der Waals surface area contributed by atoms with Crippen molar-refractivity contribution < 1.29 is 23.8 Å². The molecule has 3 rings (SSSR count). The van der Waals surface area contributed by atoms with E-state index < -0.39 is 23.8 Å². The van der Waals surface area contributed by atoms with E-state index in [0.29, 0.717) is 23.7 Å². The van der Waals surface area contributed by atoms with Crippen molar-refractivity contribution in [2.45, 2.75) is 39.8 Å². The number of ether oxygens (including phenoxy) is 3. The number of hydrogen-bond donors (Lipinski definition) is 1. The Morgan fingerprint density at radius 2 is 1.94 bits per heavy atom. The number of ketones is 1. The molecular formula is C22H26N4O7. The van der Waals surface area contributed by atoms with Gasteiger partial charge in [-0.15, -0.1) is 0 Å². The Morgan fingerprint density at radius 1 is 1.18 bits per heavy atom. The number of H-pyrrole nitrogens is 1. The zero-order valence-corrected chi connectivity index (χ0v) is 19.0. The Kier molecular flexibility index (Phi) is 7.31. The molecule has 11 nitrogen and oxygen atoms in total. The number of methoxy groups -OCH3 is 1. The summed E-state index contributed by atoms with van der Waals surface area (Å²) in [4.78, 5) is 54.9. The first-order valence-corrected chi connectivity index (χ1v) is 10.4. The van der Waals surface area contributed by atoms with Crippen LogP contribution in [0, 0.1) is 0 Å². The second-order valence-corrected chi connectivity index (χ2v) is 7.39. The summed E-state index contributed by atoms with van der Waals surface area (Å²) in [5, 5.41) is 0.